The molecule has 1 atom stereocenters. The molecule has 0 bridgehead atoms. The van der Waals surface area contributed by atoms with Crippen molar-refractivity contribution >= 4 is 11.6 Å². The van der Waals surface area contributed by atoms with Crippen molar-refractivity contribution in [3.63, 3.8) is 0 Å². The van der Waals surface area contributed by atoms with Gasteiger partial charge in [0.1, 0.15) is 11.5 Å². The molecular weight excluding hydrogens is 322 g/mol. The van der Waals surface area contributed by atoms with Crippen molar-refractivity contribution in [1.29, 1.82) is 0 Å². The predicted octanol–water partition coefficient (Wildman–Crippen LogP) is 6.24. The molecule has 1 N–H and O–H groups in total. The molecule has 0 aliphatic rings. The van der Waals surface area contributed by atoms with E-state index in [1.807, 2.05) is 54.6 Å². The van der Waals surface area contributed by atoms with E-state index < -0.39 is 0 Å². The second-order valence-electron chi connectivity index (χ2n) is 6.30. The van der Waals surface area contributed by atoms with Crippen LogP contribution in [0.15, 0.2) is 78.9 Å². The standard InChI is InChI=1S/C23H23NO2/c1-3-17(2)18-13-15-19(16-14-18)24-23(25)21-11-7-8-12-22(21)26-20-9-5-4-6-10-20/h4-17H,3H2,1-2H3,(H,24,25)/t17-/m1/s1. The summed E-state index contributed by atoms with van der Waals surface area (Å²) < 4.78 is 5.87. The Labute approximate surface area is 154 Å². The first-order valence-corrected chi connectivity index (χ1v) is 8.90. The Morgan fingerprint density at radius 1 is 0.923 bits per heavy atom. The molecule has 0 fully saturated rings. The van der Waals surface area contributed by atoms with Gasteiger partial charge in [-0.25, -0.2) is 0 Å². The molecule has 0 aromatic heterocycles. The zero-order chi connectivity index (χ0) is 18.4. The Morgan fingerprint density at radius 3 is 2.27 bits per heavy atom. The summed E-state index contributed by atoms with van der Waals surface area (Å²) in [5.41, 5.74) is 2.55. The number of benzene rings is 3. The summed E-state index contributed by atoms with van der Waals surface area (Å²) in [5, 5.41) is 2.95. The number of rotatable bonds is 6. The quantitative estimate of drug-likeness (QED) is 0.574. The van der Waals surface area contributed by atoms with Crippen LogP contribution in [0.2, 0.25) is 0 Å². The van der Waals surface area contributed by atoms with Gasteiger partial charge in [-0.3, -0.25) is 4.79 Å². The van der Waals surface area contributed by atoms with E-state index in [2.05, 4.69) is 31.3 Å². The third-order valence-corrected chi connectivity index (χ3v) is 4.45. The van der Waals surface area contributed by atoms with Crippen LogP contribution in [0.4, 0.5) is 5.69 Å². The largest absolute Gasteiger partial charge is 0.457 e. The molecule has 3 aromatic carbocycles. The second kappa shape index (κ2) is 8.34. The lowest BCUT2D eigenvalue weighted by Crippen LogP contribution is -2.13. The highest BCUT2D eigenvalue weighted by Gasteiger charge is 2.13. The molecule has 0 aliphatic heterocycles. The molecule has 3 nitrogen and oxygen atoms in total. The van der Waals surface area contributed by atoms with Gasteiger partial charge in [0.05, 0.1) is 5.56 Å². The first kappa shape index (κ1) is 17.7. The van der Waals surface area contributed by atoms with Gasteiger partial charge in [0.25, 0.3) is 5.91 Å². The topological polar surface area (TPSA) is 38.3 Å². The third kappa shape index (κ3) is 4.31. The van der Waals surface area contributed by atoms with Gasteiger partial charge in [-0.15, -0.1) is 0 Å². The average Bonchev–Trinajstić information content (AvgIpc) is 2.69. The predicted molar refractivity (Wildman–Crippen MR) is 106 cm³/mol. The van der Waals surface area contributed by atoms with Crippen molar-refractivity contribution < 1.29 is 9.53 Å². The zero-order valence-corrected chi connectivity index (χ0v) is 15.1. The summed E-state index contributed by atoms with van der Waals surface area (Å²) in [6, 6.07) is 24.7. The third-order valence-electron chi connectivity index (χ3n) is 4.45. The Bertz CT molecular complexity index is 857. The van der Waals surface area contributed by atoms with Gasteiger partial charge in [0, 0.05) is 5.69 Å². The van der Waals surface area contributed by atoms with Crippen LogP contribution in [0.1, 0.15) is 42.1 Å². The molecule has 0 spiro atoms. The number of hydrogen-bond donors (Lipinski definition) is 1. The Balaban J connectivity index is 1.76. The van der Waals surface area contributed by atoms with Crippen molar-refractivity contribution in [2.75, 3.05) is 5.32 Å². The van der Waals surface area contributed by atoms with E-state index in [-0.39, 0.29) is 5.91 Å². The second-order valence-corrected chi connectivity index (χ2v) is 6.30. The van der Waals surface area contributed by atoms with Crippen LogP contribution >= 0.6 is 0 Å². The van der Waals surface area contributed by atoms with Crippen molar-refractivity contribution in [2.24, 2.45) is 0 Å². The minimum Gasteiger partial charge on any atom is -0.457 e. The summed E-state index contributed by atoms with van der Waals surface area (Å²) in [5.74, 6) is 1.56. The lowest BCUT2D eigenvalue weighted by molar-refractivity contribution is 0.102. The maximum atomic E-state index is 12.7. The Kier molecular flexibility index (Phi) is 5.69. The van der Waals surface area contributed by atoms with Crippen LogP contribution < -0.4 is 10.1 Å². The van der Waals surface area contributed by atoms with E-state index in [4.69, 9.17) is 4.74 Å². The molecule has 0 unspecified atom stereocenters. The van der Waals surface area contributed by atoms with Crippen molar-refractivity contribution in [1.82, 2.24) is 0 Å². The normalized spacial score (nSPS) is 11.6. The summed E-state index contributed by atoms with van der Waals surface area (Å²) in [6.07, 6.45) is 1.09. The number of anilines is 1. The minimum atomic E-state index is -0.187. The van der Waals surface area contributed by atoms with Gasteiger partial charge in [-0.2, -0.15) is 0 Å². The van der Waals surface area contributed by atoms with E-state index in [0.29, 0.717) is 23.0 Å². The van der Waals surface area contributed by atoms with E-state index in [1.165, 1.54) is 5.56 Å². The number of para-hydroxylation sites is 2. The van der Waals surface area contributed by atoms with Gasteiger partial charge in [-0.1, -0.05) is 56.3 Å². The number of ether oxygens (including phenoxy) is 1. The van der Waals surface area contributed by atoms with Crippen LogP contribution in [-0.2, 0) is 0 Å². The molecule has 0 heterocycles. The van der Waals surface area contributed by atoms with Crippen LogP contribution in [0.3, 0.4) is 0 Å². The molecule has 0 saturated heterocycles. The summed E-state index contributed by atoms with van der Waals surface area (Å²) >= 11 is 0. The van der Waals surface area contributed by atoms with Gasteiger partial charge in [0.2, 0.25) is 0 Å². The number of nitrogens with one attached hydrogen (secondary N) is 1. The number of hydrogen-bond acceptors (Lipinski definition) is 2. The van der Waals surface area contributed by atoms with Crippen LogP contribution in [0.5, 0.6) is 11.5 Å². The van der Waals surface area contributed by atoms with E-state index in [1.54, 1.807) is 12.1 Å². The molecule has 132 valence electrons. The van der Waals surface area contributed by atoms with Crippen LogP contribution in [-0.4, -0.2) is 5.91 Å². The van der Waals surface area contributed by atoms with Crippen LogP contribution in [0, 0.1) is 0 Å². The fraction of sp³-hybridized carbons (Fsp3) is 0.174. The van der Waals surface area contributed by atoms with Gasteiger partial charge < -0.3 is 10.1 Å². The summed E-state index contributed by atoms with van der Waals surface area (Å²) in [6.45, 7) is 4.37. The van der Waals surface area contributed by atoms with E-state index >= 15 is 0 Å². The summed E-state index contributed by atoms with van der Waals surface area (Å²) in [4.78, 5) is 12.7. The van der Waals surface area contributed by atoms with Gasteiger partial charge in [-0.05, 0) is 54.3 Å². The molecule has 0 radical (unpaired) electrons. The lowest BCUT2D eigenvalue weighted by atomic mass is 9.98. The molecule has 0 aliphatic carbocycles. The molecule has 1 amide bonds. The summed E-state index contributed by atoms with van der Waals surface area (Å²) in [7, 11) is 0. The van der Waals surface area contributed by atoms with Gasteiger partial charge in [0.15, 0.2) is 0 Å². The Hall–Kier alpha value is -3.07. The molecular formula is C23H23NO2. The van der Waals surface area contributed by atoms with Crippen molar-refractivity contribution in [3.8, 4) is 11.5 Å². The maximum Gasteiger partial charge on any atom is 0.259 e. The highest BCUT2D eigenvalue weighted by Crippen LogP contribution is 2.26. The highest BCUT2D eigenvalue weighted by molar-refractivity contribution is 6.06. The molecule has 3 rings (SSSR count). The lowest BCUT2D eigenvalue weighted by Gasteiger charge is -2.13. The first-order valence-electron chi connectivity index (χ1n) is 8.90. The first-order chi connectivity index (χ1) is 12.7. The van der Waals surface area contributed by atoms with Gasteiger partial charge >= 0.3 is 0 Å². The van der Waals surface area contributed by atoms with Crippen molar-refractivity contribution in [3.05, 3.63) is 90.0 Å². The maximum absolute atomic E-state index is 12.7. The molecule has 0 saturated carbocycles. The smallest absolute Gasteiger partial charge is 0.259 e. The monoisotopic (exact) mass is 345 g/mol. The molecule has 3 aromatic rings. The fourth-order valence-corrected chi connectivity index (χ4v) is 2.69. The molecule has 26 heavy (non-hydrogen) atoms. The number of amides is 1. The minimum absolute atomic E-state index is 0.187. The number of carbonyl (C=O) groups is 1. The van der Waals surface area contributed by atoms with Crippen LogP contribution in [0.25, 0.3) is 0 Å². The number of carbonyl (C=O) groups excluding carboxylic acids is 1. The van der Waals surface area contributed by atoms with Crippen molar-refractivity contribution in [2.45, 2.75) is 26.2 Å². The van der Waals surface area contributed by atoms with E-state index in [0.717, 1.165) is 12.1 Å². The highest BCUT2D eigenvalue weighted by atomic mass is 16.5. The SMILES string of the molecule is CC[C@@H](C)c1ccc(NC(=O)c2ccccc2Oc2ccccc2)cc1. The average molecular weight is 345 g/mol. The molecule has 3 heteroatoms. The van der Waals surface area contributed by atoms with E-state index in [9.17, 15) is 4.79 Å². The fourth-order valence-electron chi connectivity index (χ4n) is 2.69. The Morgan fingerprint density at radius 2 is 1.58 bits per heavy atom. The zero-order valence-electron chi connectivity index (χ0n) is 15.1.